The second kappa shape index (κ2) is 7.53. The first kappa shape index (κ1) is 17.7. The van der Waals surface area contributed by atoms with Gasteiger partial charge in [-0.1, -0.05) is 30.7 Å². The Hall–Kier alpha value is -2.66. The van der Waals surface area contributed by atoms with E-state index >= 15 is 0 Å². The van der Waals surface area contributed by atoms with E-state index in [1.54, 1.807) is 12.1 Å². The van der Waals surface area contributed by atoms with Crippen LogP contribution in [0, 0.1) is 5.92 Å². The molecular formula is C22H25N3O2. The van der Waals surface area contributed by atoms with Crippen LogP contribution in [0.15, 0.2) is 48.5 Å². The van der Waals surface area contributed by atoms with Gasteiger partial charge in [0, 0.05) is 35.4 Å². The van der Waals surface area contributed by atoms with Crippen molar-refractivity contribution < 1.29 is 9.59 Å². The van der Waals surface area contributed by atoms with Crippen molar-refractivity contribution in [2.75, 3.05) is 16.8 Å². The summed E-state index contributed by atoms with van der Waals surface area (Å²) in [5, 5.41) is 2.97. The smallest absolute Gasteiger partial charge is 0.258 e. The van der Waals surface area contributed by atoms with Crippen LogP contribution in [0.5, 0.6) is 0 Å². The molecule has 2 aliphatic rings. The lowest BCUT2D eigenvalue weighted by atomic mass is 9.85. The molecule has 2 amide bonds. The lowest BCUT2D eigenvalue weighted by molar-refractivity contribution is -0.120. The molecular weight excluding hydrogens is 338 g/mol. The Balaban J connectivity index is 1.48. The Kier molecular flexibility index (Phi) is 4.94. The van der Waals surface area contributed by atoms with E-state index in [9.17, 15) is 9.59 Å². The van der Waals surface area contributed by atoms with Crippen molar-refractivity contribution in [1.82, 2.24) is 0 Å². The van der Waals surface area contributed by atoms with Gasteiger partial charge in [0.15, 0.2) is 0 Å². The number of hydrogen-bond donors (Lipinski definition) is 2. The summed E-state index contributed by atoms with van der Waals surface area (Å²) in [5.41, 5.74) is 9.43. The van der Waals surface area contributed by atoms with E-state index in [4.69, 9.17) is 5.73 Å². The summed E-state index contributed by atoms with van der Waals surface area (Å²) in [4.78, 5) is 27.4. The highest BCUT2D eigenvalue weighted by Gasteiger charge is 2.27. The number of carbonyl (C=O) groups excluding carboxylic acids is 2. The van der Waals surface area contributed by atoms with Crippen LogP contribution >= 0.6 is 0 Å². The topological polar surface area (TPSA) is 75.4 Å². The lowest BCUT2D eigenvalue weighted by Gasteiger charge is -2.25. The normalized spacial score (nSPS) is 21.6. The molecule has 1 aliphatic heterocycles. The van der Waals surface area contributed by atoms with E-state index < -0.39 is 0 Å². The van der Waals surface area contributed by atoms with Crippen LogP contribution in [0.3, 0.4) is 0 Å². The zero-order valence-corrected chi connectivity index (χ0v) is 15.4. The molecule has 0 radical (unpaired) electrons. The second-order valence-corrected chi connectivity index (χ2v) is 7.53. The van der Waals surface area contributed by atoms with Crippen molar-refractivity contribution in [2.45, 2.75) is 38.1 Å². The predicted octanol–water partition coefficient (Wildman–Crippen LogP) is 3.35. The molecule has 2 aromatic carbocycles. The minimum absolute atomic E-state index is 0.00117. The van der Waals surface area contributed by atoms with Crippen molar-refractivity contribution in [3.8, 4) is 0 Å². The Morgan fingerprint density at radius 1 is 1.07 bits per heavy atom. The minimum Gasteiger partial charge on any atom is -0.328 e. The first-order valence-corrected chi connectivity index (χ1v) is 9.68. The molecule has 0 aromatic heterocycles. The van der Waals surface area contributed by atoms with Gasteiger partial charge in [0.1, 0.15) is 0 Å². The van der Waals surface area contributed by atoms with Crippen molar-refractivity contribution in [1.29, 1.82) is 0 Å². The molecule has 4 rings (SSSR count). The van der Waals surface area contributed by atoms with Gasteiger partial charge in [0.2, 0.25) is 5.91 Å². The van der Waals surface area contributed by atoms with Crippen LogP contribution in [0.25, 0.3) is 0 Å². The summed E-state index contributed by atoms with van der Waals surface area (Å²) < 4.78 is 0. The van der Waals surface area contributed by atoms with E-state index in [1.807, 2.05) is 35.2 Å². The number of nitrogens with one attached hydrogen (secondary N) is 1. The maximum Gasteiger partial charge on any atom is 0.258 e. The molecule has 1 aliphatic carbocycles. The van der Waals surface area contributed by atoms with Crippen LogP contribution < -0.4 is 16.0 Å². The van der Waals surface area contributed by atoms with Gasteiger partial charge < -0.3 is 16.0 Å². The molecule has 2 aromatic rings. The Bertz CT molecular complexity index is 864. The largest absolute Gasteiger partial charge is 0.328 e. The number of carbonyl (C=O) groups is 2. The maximum atomic E-state index is 13.0. The molecule has 1 heterocycles. The fourth-order valence-electron chi connectivity index (χ4n) is 4.15. The van der Waals surface area contributed by atoms with Crippen molar-refractivity contribution >= 4 is 23.2 Å². The number of anilines is 2. The van der Waals surface area contributed by atoms with Gasteiger partial charge in [-0.2, -0.15) is 0 Å². The summed E-state index contributed by atoms with van der Waals surface area (Å²) >= 11 is 0. The highest BCUT2D eigenvalue weighted by molar-refractivity contribution is 6.08. The Morgan fingerprint density at radius 3 is 2.78 bits per heavy atom. The van der Waals surface area contributed by atoms with Gasteiger partial charge in [-0.25, -0.2) is 0 Å². The van der Waals surface area contributed by atoms with Gasteiger partial charge in [0.05, 0.1) is 0 Å². The average Bonchev–Trinajstić information content (AvgIpc) is 3.12. The van der Waals surface area contributed by atoms with E-state index in [1.165, 1.54) is 5.56 Å². The SMILES string of the molecule is NC1CCCC(C(=O)Nc2cccc(C(=O)N3CCc4ccccc43)c2)C1. The number of nitrogens with zero attached hydrogens (tertiary/aromatic N) is 1. The summed E-state index contributed by atoms with van der Waals surface area (Å²) in [6.45, 7) is 0.689. The quantitative estimate of drug-likeness (QED) is 0.878. The van der Waals surface area contributed by atoms with E-state index in [2.05, 4.69) is 11.4 Å². The van der Waals surface area contributed by atoms with Crippen LogP contribution in [0.1, 0.15) is 41.6 Å². The fraction of sp³-hybridized carbons (Fsp3) is 0.364. The van der Waals surface area contributed by atoms with Crippen LogP contribution in [-0.4, -0.2) is 24.4 Å². The Morgan fingerprint density at radius 2 is 1.93 bits per heavy atom. The predicted molar refractivity (Wildman–Crippen MR) is 107 cm³/mol. The van der Waals surface area contributed by atoms with Crippen LogP contribution in [0.4, 0.5) is 11.4 Å². The highest BCUT2D eigenvalue weighted by Crippen LogP contribution is 2.29. The van der Waals surface area contributed by atoms with E-state index in [0.29, 0.717) is 17.8 Å². The molecule has 2 atom stereocenters. The van der Waals surface area contributed by atoms with E-state index in [0.717, 1.165) is 37.8 Å². The molecule has 5 nitrogen and oxygen atoms in total. The third-order valence-corrected chi connectivity index (χ3v) is 5.59. The maximum absolute atomic E-state index is 13.0. The molecule has 1 saturated carbocycles. The molecule has 0 saturated heterocycles. The fourth-order valence-corrected chi connectivity index (χ4v) is 4.15. The van der Waals surface area contributed by atoms with Crippen molar-refractivity contribution in [3.63, 3.8) is 0 Å². The molecule has 0 bridgehead atoms. The molecule has 0 spiro atoms. The highest BCUT2D eigenvalue weighted by atomic mass is 16.2. The zero-order chi connectivity index (χ0) is 18.8. The third-order valence-electron chi connectivity index (χ3n) is 5.59. The van der Waals surface area contributed by atoms with Gasteiger partial charge in [-0.15, -0.1) is 0 Å². The standard InChI is InChI=1S/C22H25N3O2/c23-18-8-3-6-16(13-18)21(26)24-19-9-4-7-17(14-19)22(27)25-12-11-15-5-1-2-10-20(15)25/h1-2,4-5,7,9-10,14,16,18H,3,6,8,11-13,23H2,(H,24,26). The van der Waals surface area contributed by atoms with Crippen molar-refractivity contribution in [3.05, 3.63) is 59.7 Å². The van der Waals surface area contributed by atoms with Crippen LogP contribution in [-0.2, 0) is 11.2 Å². The zero-order valence-electron chi connectivity index (χ0n) is 15.4. The number of nitrogens with two attached hydrogens (primary N) is 1. The van der Waals surface area contributed by atoms with Crippen molar-refractivity contribution in [2.24, 2.45) is 11.7 Å². The summed E-state index contributed by atoms with van der Waals surface area (Å²) in [6, 6.07) is 15.3. The van der Waals surface area contributed by atoms with Gasteiger partial charge >= 0.3 is 0 Å². The molecule has 2 unspecified atom stereocenters. The summed E-state index contributed by atoms with van der Waals surface area (Å²) in [7, 11) is 0. The number of hydrogen-bond acceptors (Lipinski definition) is 3. The summed E-state index contributed by atoms with van der Waals surface area (Å²) in [6.07, 6.45) is 4.47. The Labute approximate surface area is 159 Å². The number of para-hydroxylation sites is 1. The first-order chi connectivity index (χ1) is 13.1. The number of fused-ring (bicyclic) bond motifs is 1. The number of amides is 2. The molecule has 5 heteroatoms. The lowest BCUT2D eigenvalue weighted by Crippen LogP contribution is -2.34. The van der Waals surface area contributed by atoms with Gasteiger partial charge in [-0.05, 0) is 55.5 Å². The van der Waals surface area contributed by atoms with E-state index in [-0.39, 0.29) is 23.8 Å². The van der Waals surface area contributed by atoms with Crippen LogP contribution in [0.2, 0.25) is 0 Å². The second-order valence-electron chi connectivity index (χ2n) is 7.53. The molecule has 140 valence electrons. The monoisotopic (exact) mass is 363 g/mol. The average molecular weight is 363 g/mol. The minimum atomic E-state index is -0.0430. The first-order valence-electron chi connectivity index (χ1n) is 9.68. The molecule has 27 heavy (non-hydrogen) atoms. The van der Waals surface area contributed by atoms with Gasteiger partial charge in [-0.3, -0.25) is 9.59 Å². The van der Waals surface area contributed by atoms with Gasteiger partial charge in [0.25, 0.3) is 5.91 Å². The number of rotatable bonds is 3. The third kappa shape index (κ3) is 3.74. The summed E-state index contributed by atoms with van der Waals surface area (Å²) in [5.74, 6) is -0.0735. The molecule has 1 fully saturated rings. The number of benzene rings is 2. The molecule has 3 N–H and O–H groups in total.